The van der Waals surface area contributed by atoms with Crippen LogP contribution >= 0.6 is 50.2 Å². The Hall–Kier alpha value is 0.130. The summed E-state index contributed by atoms with van der Waals surface area (Å²) < 4.78 is 0.946. The van der Waals surface area contributed by atoms with Crippen molar-refractivity contribution in [3.05, 3.63) is 41.6 Å². The van der Waals surface area contributed by atoms with Gasteiger partial charge in [-0.3, -0.25) is 0 Å². The van der Waals surface area contributed by atoms with Gasteiger partial charge in [0, 0.05) is 9.35 Å². The van der Waals surface area contributed by atoms with Crippen LogP contribution in [0.2, 0.25) is 5.02 Å². The number of halogens is 2. The molecular weight excluding hydrogens is 316 g/mol. The van der Waals surface area contributed by atoms with Gasteiger partial charge >= 0.3 is 0 Å². The van der Waals surface area contributed by atoms with Crippen LogP contribution in [0.1, 0.15) is 20.7 Å². The second-order valence-corrected chi connectivity index (χ2v) is 6.60. The summed E-state index contributed by atoms with van der Waals surface area (Å²) in [6, 6.07) is 3.81. The summed E-state index contributed by atoms with van der Waals surface area (Å²) in [5, 5.41) is 12.7. The lowest BCUT2D eigenvalue weighted by Crippen LogP contribution is -1.95. The second kappa shape index (κ2) is 4.55. The molecule has 0 saturated heterocycles. The lowest BCUT2D eigenvalue weighted by Gasteiger charge is -2.07. The molecule has 0 amide bonds. The minimum atomic E-state index is -0.620. The van der Waals surface area contributed by atoms with Gasteiger partial charge in [-0.1, -0.05) is 11.6 Å². The highest BCUT2D eigenvalue weighted by Crippen LogP contribution is 2.39. The predicted molar refractivity (Wildman–Crippen MR) is 70.1 cm³/mol. The maximum absolute atomic E-state index is 10.2. The molecule has 0 radical (unpaired) electrons. The van der Waals surface area contributed by atoms with Crippen molar-refractivity contribution in [1.29, 1.82) is 0 Å². The summed E-state index contributed by atoms with van der Waals surface area (Å²) in [6.07, 6.45) is -0.620. The van der Waals surface area contributed by atoms with Gasteiger partial charge in [-0.15, -0.1) is 22.7 Å². The number of aliphatic hydroxyl groups is 1. The molecule has 1 unspecified atom stereocenters. The summed E-state index contributed by atoms with van der Waals surface area (Å²) in [5.41, 5.74) is 0. The van der Waals surface area contributed by atoms with E-state index in [1.54, 1.807) is 17.4 Å². The van der Waals surface area contributed by atoms with Crippen molar-refractivity contribution < 1.29 is 5.11 Å². The van der Waals surface area contributed by atoms with Crippen LogP contribution in [0.3, 0.4) is 0 Å². The number of rotatable bonds is 2. The second-order valence-electron chi connectivity index (χ2n) is 3.10. The number of hydrogen-bond acceptors (Lipinski definition) is 3. The minimum absolute atomic E-state index is 0.620. The summed E-state index contributed by atoms with van der Waals surface area (Å²) in [5.74, 6) is 0. The van der Waals surface area contributed by atoms with Gasteiger partial charge in [-0.05, 0) is 40.4 Å². The van der Waals surface area contributed by atoms with Crippen LogP contribution in [0, 0.1) is 6.92 Å². The molecule has 0 aliphatic heterocycles. The Morgan fingerprint density at radius 1 is 1.47 bits per heavy atom. The molecule has 2 heterocycles. The van der Waals surface area contributed by atoms with Crippen LogP contribution in [0.25, 0.3) is 0 Å². The first-order chi connectivity index (χ1) is 7.09. The molecule has 0 fully saturated rings. The number of aryl methyl sites for hydroxylation is 1. The zero-order valence-electron chi connectivity index (χ0n) is 7.83. The van der Waals surface area contributed by atoms with E-state index in [4.69, 9.17) is 11.6 Å². The Labute approximate surface area is 109 Å². The lowest BCUT2D eigenvalue weighted by atomic mass is 10.2. The van der Waals surface area contributed by atoms with Gasteiger partial charge in [-0.25, -0.2) is 0 Å². The van der Waals surface area contributed by atoms with E-state index in [2.05, 4.69) is 15.9 Å². The zero-order chi connectivity index (χ0) is 11.0. The van der Waals surface area contributed by atoms with E-state index in [1.807, 2.05) is 18.4 Å². The van der Waals surface area contributed by atoms with E-state index < -0.39 is 6.10 Å². The van der Waals surface area contributed by atoms with Crippen molar-refractivity contribution in [2.75, 3.05) is 0 Å². The van der Waals surface area contributed by atoms with Crippen molar-refractivity contribution in [1.82, 2.24) is 0 Å². The molecule has 0 bridgehead atoms. The SMILES string of the molecule is Cc1cc(Br)c(C(O)c2sccc2Cl)s1. The zero-order valence-corrected chi connectivity index (χ0v) is 11.8. The van der Waals surface area contributed by atoms with Gasteiger partial charge in [0.1, 0.15) is 6.10 Å². The van der Waals surface area contributed by atoms with Gasteiger partial charge in [-0.2, -0.15) is 0 Å². The third kappa shape index (κ3) is 2.29. The maximum atomic E-state index is 10.2. The number of hydrogen-bond donors (Lipinski definition) is 1. The van der Waals surface area contributed by atoms with Crippen molar-refractivity contribution in [3.8, 4) is 0 Å². The van der Waals surface area contributed by atoms with Crippen molar-refractivity contribution in [2.45, 2.75) is 13.0 Å². The third-order valence-electron chi connectivity index (χ3n) is 1.98. The first-order valence-electron chi connectivity index (χ1n) is 4.26. The molecule has 15 heavy (non-hydrogen) atoms. The molecule has 2 rings (SSSR count). The Morgan fingerprint density at radius 3 is 2.67 bits per heavy atom. The van der Waals surface area contributed by atoms with Crippen LogP contribution in [0.4, 0.5) is 0 Å². The molecule has 0 spiro atoms. The third-order valence-corrected chi connectivity index (χ3v) is 5.41. The molecule has 0 aromatic carbocycles. The van der Waals surface area contributed by atoms with Crippen LogP contribution in [-0.2, 0) is 0 Å². The van der Waals surface area contributed by atoms with Crippen LogP contribution < -0.4 is 0 Å². The fraction of sp³-hybridized carbons (Fsp3) is 0.200. The van der Waals surface area contributed by atoms with Gasteiger partial charge in [0.25, 0.3) is 0 Å². The Bertz CT molecular complexity index is 477. The quantitative estimate of drug-likeness (QED) is 0.855. The lowest BCUT2D eigenvalue weighted by molar-refractivity contribution is 0.227. The van der Waals surface area contributed by atoms with Gasteiger partial charge < -0.3 is 5.11 Å². The number of aliphatic hydroxyl groups excluding tert-OH is 1. The summed E-state index contributed by atoms with van der Waals surface area (Å²) in [4.78, 5) is 2.89. The van der Waals surface area contributed by atoms with E-state index in [1.165, 1.54) is 16.2 Å². The van der Waals surface area contributed by atoms with Gasteiger partial charge in [0.2, 0.25) is 0 Å². The molecule has 80 valence electrons. The average molecular weight is 324 g/mol. The van der Waals surface area contributed by atoms with Crippen molar-refractivity contribution >= 4 is 50.2 Å². The Kier molecular flexibility index (Phi) is 3.52. The van der Waals surface area contributed by atoms with E-state index in [0.29, 0.717) is 5.02 Å². The minimum Gasteiger partial charge on any atom is -0.382 e. The normalized spacial score (nSPS) is 13.1. The topological polar surface area (TPSA) is 20.2 Å². The molecule has 5 heteroatoms. The monoisotopic (exact) mass is 322 g/mol. The molecule has 1 atom stereocenters. The van der Waals surface area contributed by atoms with E-state index in [0.717, 1.165) is 14.2 Å². The van der Waals surface area contributed by atoms with Gasteiger partial charge in [0.15, 0.2) is 0 Å². The van der Waals surface area contributed by atoms with E-state index >= 15 is 0 Å². The first kappa shape index (κ1) is 11.6. The Morgan fingerprint density at radius 2 is 2.20 bits per heavy atom. The predicted octanol–water partition coefficient (Wildman–Crippen LogP) is 4.62. The highest BCUT2D eigenvalue weighted by atomic mass is 79.9. The largest absolute Gasteiger partial charge is 0.382 e. The maximum Gasteiger partial charge on any atom is 0.125 e. The van der Waals surface area contributed by atoms with Gasteiger partial charge in [0.05, 0.1) is 14.8 Å². The molecule has 2 aromatic heterocycles. The van der Waals surface area contributed by atoms with Crippen LogP contribution in [-0.4, -0.2) is 5.11 Å². The van der Waals surface area contributed by atoms with Crippen molar-refractivity contribution in [3.63, 3.8) is 0 Å². The molecular formula is C10H8BrClOS2. The smallest absolute Gasteiger partial charge is 0.125 e. The first-order valence-corrected chi connectivity index (χ1v) is 7.13. The highest BCUT2D eigenvalue weighted by molar-refractivity contribution is 9.10. The molecule has 0 saturated carbocycles. The fourth-order valence-corrected chi connectivity index (χ4v) is 4.40. The van der Waals surface area contributed by atoms with Crippen molar-refractivity contribution in [2.24, 2.45) is 0 Å². The summed E-state index contributed by atoms with van der Waals surface area (Å²) >= 11 is 12.5. The summed E-state index contributed by atoms with van der Waals surface area (Å²) in [6.45, 7) is 2.02. The summed E-state index contributed by atoms with van der Waals surface area (Å²) in [7, 11) is 0. The van der Waals surface area contributed by atoms with E-state index in [9.17, 15) is 5.11 Å². The highest BCUT2D eigenvalue weighted by Gasteiger charge is 2.19. The van der Waals surface area contributed by atoms with Crippen LogP contribution in [0.15, 0.2) is 22.0 Å². The molecule has 0 aliphatic carbocycles. The Balaban J connectivity index is 2.40. The van der Waals surface area contributed by atoms with E-state index in [-0.39, 0.29) is 0 Å². The molecule has 1 N–H and O–H groups in total. The molecule has 2 aromatic rings. The standard InChI is InChI=1S/C10H8BrClOS2/c1-5-4-6(11)9(15-5)8(13)10-7(12)2-3-14-10/h2-4,8,13H,1H3. The number of thiophene rings is 2. The fourth-order valence-electron chi connectivity index (χ4n) is 1.31. The average Bonchev–Trinajstić information content (AvgIpc) is 2.71. The molecule has 0 aliphatic rings. The molecule has 1 nitrogen and oxygen atoms in total. The van der Waals surface area contributed by atoms with Crippen LogP contribution in [0.5, 0.6) is 0 Å².